The maximum absolute atomic E-state index is 2.39. The van der Waals surface area contributed by atoms with E-state index in [2.05, 4.69) is 97.9 Å². The third-order valence-electron chi connectivity index (χ3n) is 6.79. The molecular formula is C28H34P+. The topological polar surface area (TPSA) is 0 Å². The van der Waals surface area contributed by atoms with Crippen LogP contribution in [0.25, 0.3) is 0 Å². The van der Waals surface area contributed by atoms with E-state index in [-0.39, 0.29) is 0 Å². The van der Waals surface area contributed by atoms with Crippen molar-refractivity contribution in [3.05, 3.63) is 91.0 Å². The third kappa shape index (κ3) is 4.49. The van der Waals surface area contributed by atoms with Crippen LogP contribution in [0.3, 0.4) is 0 Å². The first kappa shape index (κ1) is 20.4. The van der Waals surface area contributed by atoms with Gasteiger partial charge in [-0.3, -0.25) is 0 Å². The van der Waals surface area contributed by atoms with E-state index in [0.717, 1.165) is 11.8 Å². The van der Waals surface area contributed by atoms with Gasteiger partial charge in [-0.1, -0.05) is 87.2 Å². The monoisotopic (exact) mass is 401 g/mol. The van der Waals surface area contributed by atoms with Gasteiger partial charge in [0, 0.05) is 0 Å². The summed E-state index contributed by atoms with van der Waals surface area (Å²) in [6.07, 6.45) is 9.73. The van der Waals surface area contributed by atoms with Crippen LogP contribution in [-0.4, -0.2) is 6.16 Å². The summed E-state index contributed by atoms with van der Waals surface area (Å²) in [5, 5.41) is 4.61. The molecule has 1 saturated carbocycles. The van der Waals surface area contributed by atoms with E-state index in [0.29, 0.717) is 0 Å². The second-order valence-corrected chi connectivity index (χ2v) is 12.2. The number of rotatable bonds is 7. The molecule has 0 amide bonds. The van der Waals surface area contributed by atoms with E-state index in [1.54, 1.807) is 0 Å². The van der Waals surface area contributed by atoms with E-state index in [9.17, 15) is 0 Å². The van der Waals surface area contributed by atoms with E-state index < -0.39 is 7.26 Å². The smallest absolute Gasteiger partial charge is 0.0654 e. The maximum atomic E-state index is 2.39. The number of hydrogen-bond donors (Lipinski definition) is 0. The van der Waals surface area contributed by atoms with Crippen molar-refractivity contribution in [1.29, 1.82) is 0 Å². The zero-order valence-corrected chi connectivity index (χ0v) is 18.6. The fraction of sp³-hybridized carbons (Fsp3) is 0.357. The summed E-state index contributed by atoms with van der Waals surface area (Å²) in [5.41, 5.74) is 0. The molecule has 0 spiro atoms. The summed E-state index contributed by atoms with van der Waals surface area (Å²) in [6, 6.07) is 34.2. The molecule has 0 radical (unpaired) electrons. The minimum Gasteiger partial charge on any atom is -0.0654 e. The fourth-order valence-corrected chi connectivity index (χ4v) is 10.0. The maximum Gasteiger partial charge on any atom is 0.112 e. The molecule has 150 valence electrons. The lowest BCUT2D eigenvalue weighted by Crippen LogP contribution is -2.36. The van der Waals surface area contributed by atoms with E-state index in [1.165, 1.54) is 60.6 Å². The Balaban J connectivity index is 1.76. The summed E-state index contributed by atoms with van der Waals surface area (Å²) in [4.78, 5) is 0. The summed E-state index contributed by atoms with van der Waals surface area (Å²) >= 11 is 0. The Morgan fingerprint density at radius 2 is 0.966 bits per heavy atom. The van der Waals surface area contributed by atoms with Crippen molar-refractivity contribution in [1.82, 2.24) is 0 Å². The molecule has 29 heavy (non-hydrogen) atoms. The van der Waals surface area contributed by atoms with Crippen molar-refractivity contribution >= 4 is 23.2 Å². The van der Waals surface area contributed by atoms with Crippen LogP contribution < -0.4 is 15.9 Å². The molecule has 0 heterocycles. The van der Waals surface area contributed by atoms with E-state index in [4.69, 9.17) is 0 Å². The Hall–Kier alpha value is -1.91. The van der Waals surface area contributed by atoms with Gasteiger partial charge in [-0.25, -0.2) is 0 Å². The largest absolute Gasteiger partial charge is 0.112 e. The van der Waals surface area contributed by atoms with Crippen LogP contribution >= 0.6 is 7.26 Å². The minimum atomic E-state index is -1.66. The Morgan fingerprint density at radius 1 is 0.586 bits per heavy atom. The van der Waals surface area contributed by atoms with E-state index >= 15 is 0 Å². The molecule has 0 atom stereocenters. The highest BCUT2D eigenvalue weighted by atomic mass is 31.2. The molecule has 0 bridgehead atoms. The van der Waals surface area contributed by atoms with Crippen LogP contribution in [0.4, 0.5) is 0 Å². The quantitative estimate of drug-likeness (QED) is 0.392. The second-order valence-electron chi connectivity index (χ2n) is 8.67. The van der Waals surface area contributed by atoms with Crippen LogP contribution in [-0.2, 0) is 0 Å². The van der Waals surface area contributed by atoms with Crippen LogP contribution in [0.1, 0.15) is 45.4 Å². The van der Waals surface area contributed by atoms with Crippen LogP contribution in [0.15, 0.2) is 91.0 Å². The standard InChI is InChI=1S/C28H34P/c1-2-12-24-19-21-25(22-20-24)23-29(26-13-6-3-7-14-26,27-15-8-4-9-16-27)28-17-10-5-11-18-28/h3-11,13-18,24-25H,2,12,19-23H2,1H3/q+1. The predicted molar refractivity (Wildman–Crippen MR) is 130 cm³/mol. The number of benzene rings is 3. The molecule has 0 saturated heterocycles. The molecule has 0 unspecified atom stereocenters. The van der Waals surface area contributed by atoms with E-state index in [1.807, 2.05) is 0 Å². The second kappa shape index (κ2) is 9.73. The van der Waals surface area contributed by atoms with Crippen molar-refractivity contribution in [2.75, 3.05) is 6.16 Å². The van der Waals surface area contributed by atoms with Gasteiger partial charge in [-0.15, -0.1) is 0 Å². The van der Waals surface area contributed by atoms with Crippen molar-refractivity contribution in [3.63, 3.8) is 0 Å². The lowest BCUT2D eigenvalue weighted by Gasteiger charge is -2.34. The molecule has 0 N–H and O–H groups in total. The van der Waals surface area contributed by atoms with Crippen molar-refractivity contribution in [3.8, 4) is 0 Å². The van der Waals surface area contributed by atoms with Gasteiger partial charge < -0.3 is 0 Å². The van der Waals surface area contributed by atoms with Gasteiger partial charge in [0.2, 0.25) is 0 Å². The lowest BCUT2D eigenvalue weighted by atomic mass is 9.81. The summed E-state index contributed by atoms with van der Waals surface area (Å²) < 4.78 is 0. The van der Waals surface area contributed by atoms with Gasteiger partial charge in [-0.2, -0.15) is 0 Å². The number of hydrogen-bond acceptors (Lipinski definition) is 0. The molecule has 0 nitrogen and oxygen atoms in total. The molecular weight excluding hydrogens is 367 g/mol. The molecule has 3 aromatic rings. The lowest BCUT2D eigenvalue weighted by molar-refractivity contribution is 0.278. The molecule has 1 aliphatic carbocycles. The first-order valence-electron chi connectivity index (χ1n) is 11.4. The average molecular weight is 402 g/mol. The Morgan fingerprint density at radius 3 is 1.34 bits per heavy atom. The van der Waals surface area contributed by atoms with Gasteiger partial charge in [0.1, 0.15) is 23.2 Å². The van der Waals surface area contributed by atoms with Crippen molar-refractivity contribution in [2.24, 2.45) is 11.8 Å². The van der Waals surface area contributed by atoms with Gasteiger partial charge >= 0.3 is 0 Å². The molecule has 0 aliphatic heterocycles. The Bertz CT molecular complexity index is 752. The molecule has 4 rings (SSSR count). The van der Waals surface area contributed by atoms with Crippen molar-refractivity contribution < 1.29 is 0 Å². The van der Waals surface area contributed by atoms with Crippen LogP contribution in [0.2, 0.25) is 0 Å². The molecule has 1 fully saturated rings. The normalized spacial score (nSPS) is 19.8. The third-order valence-corrected chi connectivity index (χ3v) is 11.4. The highest BCUT2D eigenvalue weighted by Gasteiger charge is 2.47. The summed E-state index contributed by atoms with van der Waals surface area (Å²) in [7, 11) is -1.66. The van der Waals surface area contributed by atoms with Crippen LogP contribution in [0, 0.1) is 11.8 Å². The molecule has 1 heteroatoms. The van der Waals surface area contributed by atoms with Crippen molar-refractivity contribution in [2.45, 2.75) is 45.4 Å². The zero-order valence-electron chi connectivity index (χ0n) is 17.7. The molecule has 1 aliphatic rings. The molecule has 0 aromatic heterocycles. The Labute approximate surface area is 177 Å². The zero-order chi connectivity index (χ0) is 19.9. The van der Waals surface area contributed by atoms with Gasteiger partial charge in [0.25, 0.3) is 0 Å². The minimum absolute atomic E-state index is 0.831. The van der Waals surface area contributed by atoms with Gasteiger partial charge in [0.15, 0.2) is 0 Å². The average Bonchev–Trinajstić information content (AvgIpc) is 2.80. The van der Waals surface area contributed by atoms with Gasteiger partial charge in [0.05, 0.1) is 6.16 Å². The highest BCUT2D eigenvalue weighted by molar-refractivity contribution is 7.95. The fourth-order valence-electron chi connectivity index (χ4n) is 5.31. The first-order valence-corrected chi connectivity index (χ1v) is 13.3. The highest BCUT2D eigenvalue weighted by Crippen LogP contribution is 2.58. The summed E-state index contributed by atoms with van der Waals surface area (Å²) in [5.74, 6) is 1.80. The summed E-state index contributed by atoms with van der Waals surface area (Å²) in [6.45, 7) is 2.34. The molecule has 3 aromatic carbocycles. The predicted octanol–water partition coefficient (Wildman–Crippen LogP) is 6.59. The SMILES string of the molecule is CCCC1CCC(C[P+](c2ccccc2)(c2ccccc2)c2ccccc2)CC1. The van der Waals surface area contributed by atoms with Gasteiger partial charge in [-0.05, 0) is 61.1 Å². The van der Waals surface area contributed by atoms with Crippen LogP contribution in [0.5, 0.6) is 0 Å². The Kier molecular flexibility index (Phi) is 6.83. The first-order chi connectivity index (χ1) is 14.3.